The molecule has 122 valence electrons. The lowest BCUT2D eigenvalue weighted by atomic mass is 9.99. The molecule has 3 aromatic rings. The fourth-order valence-electron chi connectivity index (χ4n) is 2.80. The van der Waals surface area contributed by atoms with Gasteiger partial charge in [0.15, 0.2) is 0 Å². The third-order valence-corrected chi connectivity index (χ3v) is 4.98. The third kappa shape index (κ3) is 3.81. The molecule has 24 heavy (non-hydrogen) atoms. The largest absolute Gasteiger partial charge is 0.306 e. The highest BCUT2D eigenvalue weighted by Crippen LogP contribution is 2.30. The van der Waals surface area contributed by atoms with E-state index in [-0.39, 0.29) is 6.04 Å². The van der Waals surface area contributed by atoms with Gasteiger partial charge >= 0.3 is 0 Å². The maximum atomic E-state index is 6.33. The Kier molecular flexibility index (Phi) is 5.57. The Hall–Kier alpha value is -1.80. The van der Waals surface area contributed by atoms with E-state index in [1.807, 2.05) is 24.3 Å². The van der Waals surface area contributed by atoms with Crippen LogP contribution in [0.1, 0.15) is 24.1 Å². The summed E-state index contributed by atoms with van der Waals surface area (Å²) in [7, 11) is 0. The van der Waals surface area contributed by atoms with Crippen LogP contribution in [0.25, 0.3) is 11.1 Å². The summed E-state index contributed by atoms with van der Waals surface area (Å²) in [5.41, 5.74) is 4.74. The Bertz CT molecular complexity index is 815. The molecule has 0 bridgehead atoms. The van der Waals surface area contributed by atoms with Crippen LogP contribution in [0.2, 0.25) is 10.0 Å². The van der Waals surface area contributed by atoms with Crippen LogP contribution in [-0.4, -0.2) is 0 Å². The lowest BCUT2D eigenvalue weighted by Gasteiger charge is -2.18. The maximum absolute atomic E-state index is 6.33. The van der Waals surface area contributed by atoms with Crippen LogP contribution < -0.4 is 5.32 Å². The number of halogens is 2. The van der Waals surface area contributed by atoms with Crippen molar-refractivity contribution in [1.29, 1.82) is 0 Å². The van der Waals surface area contributed by atoms with E-state index in [1.54, 1.807) is 0 Å². The van der Waals surface area contributed by atoms with E-state index in [2.05, 4.69) is 60.8 Å². The van der Waals surface area contributed by atoms with Gasteiger partial charge in [0, 0.05) is 12.6 Å². The van der Waals surface area contributed by atoms with Gasteiger partial charge in [0.25, 0.3) is 0 Å². The monoisotopic (exact) mass is 355 g/mol. The summed E-state index contributed by atoms with van der Waals surface area (Å²) in [5.74, 6) is 0. The molecular weight excluding hydrogens is 337 g/mol. The number of nitrogens with one attached hydrogen (secondary N) is 1. The van der Waals surface area contributed by atoms with E-state index in [4.69, 9.17) is 23.2 Å². The summed E-state index contributed by atoms with van der Waals surface area (Å²) in [4.78, 5) is 0. The Morgan fingerprint density at radius 3 is 2.33 bits per heavy atom. The van der Waals surface area contributed by atoms with E-state index in [0.717, 1.165) is 12.1 Å². The van der Waals surface area contributed by atoms with Crippen LogP contribution >= 0.6 is 23.2 Å². The molecule has 3 rings (SSSR count). The van der Waals surface area contributed by atoms with Gasteiger partial charge in [0.2, 0.25) is 0 Å². The van der Waals surface area contributed by atoms with Gasteiger partial charge in [-0.25, -0.2) is 0 Å². The smallest absolute Gasteiger partial charge is 0.0639 e. The zero-order chi connectivity index (χ0) is 16.9. The van der Waals surface area contributed by atoms with E-state index in [0.29, 0.717) is 10.0 Å². The van der Waals surface area contributed by atoms with Gasteiger partial charge in [0.05, 0.1) is 10.0 Å². The third-order valence-electron chi connectivity index (χ3n) is 4.15. The molecule has 0 saturated carbocycles. The number of rotatable bonds is 5. The van der Waals surface area contributed by atoms with Gasteiger partial charge in [-0.15, -0.1) is 0 Å². The van der Waals surface area contributed by atoms with Crippen molar-refractivity contribution < 1.29 is 0 Å². The van der Waals surface area contributed by atoms with Crippen molar-refractivity contribution >= 4 is 23.2 Å². The molecule has 1 nitrogen and oxygen atoms in total. The normalized spacial score (nSPS) is 12.1. The molecule has 0 fully saturated rings. The summed E-state index contributed by atoms with van der Waals surface area (Å²) < 4.78 is 0. The highest BCUT2D eigenvalue weighted by atomic mass is 35.5. The van der Waals surface area contributed by atoms with E-state index >= 15 is 0 Å². The van der Waals surface area contributed by atoms with Crippen LogP contribution in [0.3, 0.4) is 0 Å². The second-order valence-electron chi connectivity index (χ2n) is 5.77. The van der Waals surface area contributed by atoms with Gasteiger partial charge < -0.3 is 5.32 Å². The standard InChI is InChI=1S/C21H19Cl2N/c1-15(18-12-7-13-20(22)21(18)23)24-14-17-10-5-6-11-19(17)16-8-3-2-4-9-16/h2-13,15,24H,14H2,1H3. The summed E-state index contributed by atoms with van der Waals surface area (Å²) in [5, 5.41) is 4.76. The number of benzene rings is 3. The molecule has 0 spiro atoms. The number of hydrogen-bond donors (Lipinski definition) is 1. The molecule has 0 aliphatic carbocycles. The minimum absolute atomic E-state index is 0.111. The van der Waals surface area contributed by atoms with Crippen LogP contribution in [0.5, 0.6) is 0 Å². The Labute approximate surface area is 153 Å². The fourth-order valence-corrected chi connectivity index (χ4v) is 3.27. The minimum atomic E-state index is 0.111. The first-order valence-corrected chi connectivity index (χ1v) is 8.73. The predicted molar refractivity (Wildman–Crippen MR) is 104 cm³/mol. The minimum Gasteiger partial charge on any atom is -0.306 e. The Balaban J connectivity index is 1.79. The molecular formula is C21H19Cl2N. The summed E-state index contributed by atoms with van der Waals surface area (Å²) >= 11 is 12.4. The molecule has 1 atom stereocenters. The molecule has 0 aliphatic heterocycles. The van der Waals surface area contributed by atoms with E-state index < -0.39 is 0 Å². The van der Waals surface area contributed by atoms with Crippen LogP contribution in [0, 0.1) is 0 Å². The van der Waals surface area contributed by atoms with Gasteiger partial charge in [0.1, 0.15) is 0 Å². The molecule has 0 aromatic heterocycles. The SMILES string of the molecule is CC(NCc1ccccc1-c1ccccc1)c1cccc(Cl)c1Cl. The van der Waals surface area contributed by atoms with Crippen molar-refractivity contribution in [2.75, 3.05) is 0 Å². The first-order valence-electron chi connectivity index (χ1n) is 7.97. The zero-order valence-electron chi connectivity index (χ0n) is 13.5. The average Bonchev–Trinajstić information content (AvgIpc) is 2.63. The quantitative estimate of drug-likeness (QED) is 0.549. The molecule has 1 N–H and O–H groups in total. The van der Waals surface area contributed by atoms with Crippen molar-refractivity contribution in [3.8, 4) is 11.1 Å². The molecule has 0 saturated heterocycles. The molecule has 3 heteroatoms. The second kappa shape index (κ2) is 7.85. The average molecular weight is 356 g/mol. The molecule has 0 heterocycles. The lowest BCUT2D eigenvalue weighted by molar-refractivity contribution is 0.575. The van der Waals surface area contributed by atoms with Crippen LogP contribution in [-0.2, 0) is 6.54 Å². The Morgan fingerprint density at radius 2 is 1.54 bits per heavy atom. The van der Waals surface area contributed by atoms with Crippen molar-refractivity contribution in [1.82, 2.24) is 5.32 Å². The zero-order valence-corrected chi connectivity index (χ0v) is 15.0. The first-order chi connectivity index (χ1) is 11.7. The van der Waals surface area contributed by atoms with E-state index in [1.165, 1.54) is 16.7 Å². The summed E-state index contributed by atoms with van der Waals surface area (Å²) in [6.45, 7) is 2.86. The van der Waals surface area contributed by atoms with Crippen molar-refractivity contribution in [3.05, 3.63) is 94.0 Å². The molecule has 0 radical (unpaired) electrons. The fraction of sp³-hybridized carbons (Fsp3) is 0.143. The van der Waals surface area contributed by atoms with Crippen LogP contribution in [0.15, 0.2) is 72.8 Å². The summed E-state index contributed by atoms with van der Waals surface area (Å²) in [6, 6.07) is 24.7. The topological polar surface area (TPSA) is 12.0 Å². The van der Waals surface area contributed by atoms with E-state index in [9.17, 15) is 0 Å². The van der Waals surface area contributed by atoms with Gasteiger partial charge in [-0.05, 0) is 35.2 Å². The van der Waals surface area contributed by atoms with Gasteiger partial charge in [-0.3, -0.25) is 0 Å². The van der Waals surface area contributed by atoms with Crippen molar-refractivity contribution in [2.45, 2.75) is 19.5 Å². The molecule has 1 unspecified atom stereocenters. The molecule has 0 amide bonds. The van der Waals surface area contributed by atoms with Crippen LogP contribution in [0.4, 0.5) is 0 Å². The predicted octanol–water partition coefficient (Wildman–Crippen LogP) is 6.51. The van der Waals surface area contributed by atoms with Gasteiger partial charge in [-0.2, -0.15) is 0 Å². The lowest BCUT2D eigenvalue weighted by Crippen LogP contribution is -2.19. The van der Waals surface area contributed by atoms with Crippen molar-refractivity contribution in [2.24, 2.45) is 0 Å². The molecule has 3 aromatic carbocycles. The Morgan fingerprint density at radius 1 is 0.833 bits per heavy atom. The second-order valence-corrected chi connectivity index (χ2v) is 6.55. The van der Waals surface area contributed by atoms with Crippen molar-refractivity contribution in [3.63, 3.8) is 0 Å². The maximum Gasteiger partial charge on any atom is 0.0639 e. The van der Waals surface area contributed by atoms with Gasteiger partial charge in [-0.1, -0.05) is 89.9 Å². The molecule has 0 aliphatic rings. The highest BCUT2D eigenvalue weighted by molar-refractivity contribution is 6.42. The number of hydrogen-bond acceptors (Lipinski definition) is 1. The summed E-state index contributed by atoms with van der Waals surface area (Å²) in [6.07, 6.45) is 0. The highest BCUT2D eigenvalue weighted by Gasteiger charge is 2.12. The first kappa shape index (κ1) is 17.0.